The third-order valence-corrected chi connectivity index (χ3v) is 6.96. The van der Waals surface area contributed by atoms with Crippen molar-refractivity contribution in [1.82, 2.24) is 9.88 Å². The molecule has 0 fully saturated rings. The molecule has 0 saturated carbocycles. The normalized spacial score (nSPS) is 23.3. The van der Waals surface area contributed by atoms with Crippen molar-refractivity contribution in [3.05, 3.63) is 121 Å². The Morgan fingerprint density at radius 3 is 2.16 bits per heavy atom. The molecule has 3 aromatic carbocycles. The molecule has 0 saturated heterocycles. The number of fused-ring (bicyclic) bond motifs is 6. The van der Waals surface area contributed by atoms with Gasteiger partial charge in [-0.3, -0.25) is 4.57 Å². The van der Waals surface area contributed by atoms with Crippen LogP contribution in [-0.4, -0.2) is 16.8 Å². The van der Waals surface area contributed by atoms with Crippen molar-refractivity contribution >= 4 is 33.3 Å². The van der Waals surface area contributed by atoms with Crippen molar-refractivity contribution in [1.29, 1.82) is 0 Å². The summed E-state index contributed by atoms with van der Waals surface area (Å²) < 4.78 is 2.36. The molecule has 3 heteroatoms. The highest BCUT2D eigenvalue weighted by molar-refractivity contribution is 6.10. The quantitative estimate of drug-likeness (QED) is 0.424. The van der Waals surface area contributed by atoms with Gasteiger partial charge in [-0.05, 0) is 35.9 Å². The second-order valence-corrected chi connectivity index (χ2v) is 8.65. The highest BCUT2D eigenvalue weighted by Gasteiger charge is 2.39. The predicted octanol–water partition coefficient (Wildman–Crippen LogP) is 6.18. The molecule has 4 aromatic rings. The second kappa shape index (κ2) is 6.76. The molecule has 154 valence electrons. The number of benzene rings is 3. The molecule has 0 spiro atoms. The standard InChI is InChI=1S/C29H23N3/c1-5-14-24-20(10-1)21-11-2-6-15-25(21)31(24)28-18-9-19-29(30-28)32-26-16-7-3-12-22(26)23-13-4-8-17-27(23)32/h1-20,24,28,30H. The lowest BCUT2D eigenvalue weighted by Gasteiger charge is -2.37. The fraction of sp³-hybridized carbons (Fsp3) is 0.103. The van der Waals surface area contributed by atoms with Gasteiger partial charge in [-0.2, -0.15) is 0 Å². The first-order valence-corrected chi connectivity index (χ1v) is 11.3. The van der Waals surface area contributed by atoms with Gasteiger partial charge in [0, 0.05) is 22.4 Å². The van der Waals surface area contributed by atoms with Crippen LogP contribution >= 0.6 is 0 Å². The number of aromatic nitrogens is 1. The summed E-state index contributed by atoms with van der Waals surface area (Å²) in [5, 5.41) is 6.42. The van der Waals surface area contributed by atoms with Crippen molar-refractivity contribution in [3.8, 4) is 0 Å². The summed E-state index contributed by atoms with van der Waals surface area (Å²) >= 11 is 0. The van der Waals surface area contributed by atoms with Crippen LogP contribution in [0, 0.1) is 0 Å². The lowest BCUT2D eigenvalue weighted by atomic mass is 9.91. The minimum Gasteiger partial charge on any atom is -0.348 e. The Bertz CT molecular complexity index is 1430. The number of nitrogens with one attached hydrogen (secondary N) is 1. The van der Waals surface area contributed by atoms with Gasteiger partial charge in [-0.25, -0.2) is 0 Å². The number of allylic oxidation sites excluding steroid dienone is 4. The molecular weight excluding hydrogens is 390 g/mol. The smallest absolute Gasteiger partial charge is 0.120 e. The van der Waals surface area contributed by atoms with E-state index in [9.17, 15) is 0 Å². The van der Waals surface area contributed by atoms with Gasteiger partial charge in [0.2, 0.25) is 0 Å². The van der Waals surface area contributed by atoms with Crippen LogP contribution in [0.1, 0.15) is 11.5 Å². The molecule has 3 aliphatic rings. The Kier molecular flexibility index (Phi) is 3.73. The Morgan fingerprint density at radius 2 is 1.34 bits per heavy atom. The first kappa shape index (κ1) is 17.7. The van der Waals surface area contributed by atoms with Crippen molar-refractivity contribution in [2.75, 3.05) is 4.90 Å². The second-order valence-electron chi connectivity index (χ2n) is 8.65. The summed E-state index contributed by atoms with van der Waals surface area (Å²) in [6, 6.07) is 26.5. The first-order chi connectivity index (χ1) is 15.9. The van der Waals surface area contributed by atoms with Crippen molar-refractivity contribution < 1.29 is 0 Å². The predicted molar refractivity (Wildman–Crippen MR) is 134 cm³/mol. The molecule has 0 radical (unpaired) electrons. The fourth-order valence-electron chi connectivity index (χ4n) is 5.63. The summed E-state index contributed by atoms with van der Waals surface area (Å²) in [6.07, 6.45) is 15.7. The summed E-state index contributed by atoms with van der Waals surface area (Å²) in [4.78, 5) is 2.53. The van der Waals surface area contributed by atoms with Crippen LogP contribution in [-0.2, 0) is 0 Å². The van der Waals surface area contributed by atoms with Crippen LogP contribution < -0.4 is 10.2 Å². The maximum atomic E-state index is 3.86. The van der Waals surface area contributed by atoms with E-state index < -0.39 is 0 Å². The molecule has 3 atom stereocenters. The van der Waals surface area contributed by atoms with Crippen LogP contribution in [0.2, 0.25) is 0 Å². The van der Waals surface area contributed by atoms with E-state index in [1.165, 1.54) is 33.1 Å². The zero-order valence-electron chi connectivity index (χ0n) is 17.6. The minimum absolute atomic E-state index is 0.0715. The van der Waals surface area contributed by atoms with E-state index >= 15 is 0 Å². The lowest BCUT2D eigenvalue weighted by molar-refractivity contribution is 0.576. The number of anilines is 1. The molecule has 2 aliphatic heterocycles. The van der Waals surface area contributed by atoms with Gasteiger partial charge in [0.1, 0.15) is 12.0 Å². The summed E-state index contributed by atoms with van der Waals surface area (Å²) in [6.45, 7) is 0. The average molecular weight is 414 g/mol. The van der Waals surface area contributed by atoms with Gasteiger partial charge in [0.25, 0.3) is 0 Å². The molecule has 0 bridgehead atoms. The summed E-state index contributed by atoms with van der Waals surface area (Å²) in [7, 11) is 0. The molecule has 1 aliphatic carbocycles. The zero-order chi connectivity index (χ0) is 21.1. The zero-order valence-corrected chi connectivity index (χ0v) is 17.6. The number of para-hydroxylation sites is 3. The van der Waals surface area contributed by atoms with E-state index in [0.29, 0.717) is 12.0 Å². The van der Waals surface area contributed by atoms with Gasteiger partial charge in [-0.15, -0.1) is 0 Å². The maximum Gasteiger partial charge on any atom is 0.120 e. The number of nitrogens with zero attached hydrogens (tertiary/aromatic N) is 2. The number of hydrogen-bond donors (Lipinski definition) is 1. The topological polar surface area (TPSA) is 20.2 Å². The molecule has 32 heavy (non-hydrogen) atoms. The molecule has 3 heterocycles. The Balaban J connectivity index is 1.34. The average Bonchev–Trinajstić information content (AvgIpc) is 3.37. The van der Waals surface area contributed by atoms with Crippen LogP contribution in [0.25, 0.3) is 27.6 Å². The van der Waals surface area contributed by atoms with Gasteiger partial charge in [0.15, 0.2) is 0 Å². The largest absolute Gasteiger partial charge is 0.348 e. The third kappa shape index (κ3) is 2.42. The molecule has 0 amide bonds. The van der Waals surface area contributed by atoms with E-state index in [4.69, 9.17) is 0 Å². The van der Waals surface area contributed by atoms with Gasteiger partial charge >= 0.3 is 0 Å². The van der Waals surface area contributed by atoms with E-state index in [2.05, 4.69) is 130 Å². The molecule has 3 unspecified atom stereocenters. The van der Waals surface area contributed by atoms with Crippen LogP contribution in [0.15, 0.2) is 115 Å². The van der Waals surface area contributed by atoms with Crippen LogP contribution in [0.4, 0.5) is 5.69 Å². The van der Waals surface area contributed by atoms with Gasteiger partial charge < -0.3 is 10.2 Å². The van der Waals surface area contributed by atoms with E-state index in [1.54, 1.807) is 0 Å². The highest BCUT2D eigenvalue weighted by atomic mass is 15.3. The highest BCUT2D eigenvalue weighted by Crippen LogP contribution is 2.45. The van der Waals surface area contributed by atoms with E-state index in [-0.39, 0.29) is 6.17 Å². The van der Waals surface area contributed by atoms with Crippen LogP contribution in [0.3, 0.4) is 0 Å². The summed E-state index contributed by atoms with van der Waals surface area (Å²) in [5.41, 5.74) is 5.16. The Labute approximate surface area is 187 Å². The van der Waals surface area contributed by atoms with Crippen LogP contribution in [0.5, 0.6) is 0 Å². The van der Waals surface area contributed by atoms with E-state index in [1.807, 2.05) is 0 Å². The lowest BCUT2D eigenvalue weighted by Crippen LogP contribution is -2.49. The van der Waals surface area contributed by atoms with Crippen molar-refractivity contribution in [2.24, 2.45) is 0 Å². The monoisotopic (exact) mass is 413 g/mol. The Morgan fingerprint density at radius 1 is 0.656 bits per heavy atom. The molecule has 1 aromatic heterocycles. The number of hydrogen-bond acceptors (Lipinski definition) is 2. The third-order valence-electron chi connectivity index (χ3n) is 6.96. The van der Waals surface area contributed by atoms with E-state index in [0.717, 1.165) is 5.82 Å². The van der Waals surface area contributed by atoms with Gasteiger partial charge in [0.05, 0.1) is 17.1 Å². The van der Waals surface area contributed by atoms with Gasteiger partial charge in [-0.1, -0.05) is 85.0 Å². The Hall–Kier alpha value is -3.98. The number of rotatable bonds is 2. The maximum absolute atomic E-state index is 3.86. The molecule has 3 nitrogen and oxygen atoms in total. The van der Waals surface area contributed by atoms with Crippen molar-refractivity contribution in [2.45, 2.75) is 18.1 Å². The number of dihydropyridines is 1. The minimum atomic E-state index is 0.0715. The molecule has 7 rings (SSSR count). The fourth-order valence-corrected chi connectivity index (χ4v) is 5.63. The van der Waals surface area contributed by atoms with Crippen molar-refractivity contribution in [3.63, 3.8) is 0 Å². The molecular formula is C29H23N3. The molecule has 1 N–H and O–H groups in total. The summed E-state index contributed by atoms with van der Waals surface area (Å²) in [5.74, 6) is 1.50. The SMILES string of the molecule is C1=CC2c3ccccc3N(C3C=CC=C(n4c5ccccc5c5ccccc54)N3)C2C=C1. The first-order valence-electron chi connectivity index (χ1n) is 11.3.